The van der Waals surface area contributed by atoms with E-state index in [4.69, 9.17) is 16.3 Å². The van der Waals surface area contributed by atoms with Crippen molar-refractivity contribution in [2.75, 3.05) is 26.8 Å². The van der Waals surface area contributed by atoms with Crippen LogP contribution in [0, 0.1) is 5.92 Å². The minimum Gasteiger partial charge on any atom is -0.383 e. The van der Waals surface area contributed by atoms with Gasteiger partial charge in [0.2, 0.25) is 11.8 Å². The van der Waals surface area contributed by atoms with Crippen LogP contribution < -0.4 is 5.32 Å². The zero-order chi connectivity index (χ0) is 19.2. The molecule has 2 amide bonds. The van der Waals surface area contributed by atoms with E-state index in [1.165, 1.54) is 0 Å². The highest BCUT2D eigenvalue weighted by molar-refractivity contribution is 6.30. The van der Waals surface area contributed by atoms with Gasteiger partial charge < -0.3 is 15.0 Å². The number of halogens is 1. The number of nitrogens with one attached hydrogen (secondary N) is 2. The van der Waals surface area contributed by atoms with E-state index in [-0.39, 0.29) is 17.7 Å². The number of piperidine rings is 1. The zero-order valence-corrected chi connectivity index (χ0v) is 16.0. The normalized spacial score (nSPS) is 17.2. The van der Waals surface area contributed by atoms with E-state index in [2.05, 4.69) is 15.5 Å². The summed E-state index contributed by atoms with van der Waals surface area (Å²) in [5, 5.41) is 10.7. The number of hydrogen-bond donors (Lipinski definition) is 2. The summed E-state index contributed by atoms with van der Waals surface area (Å²) in [5.41, 5.74) is 2.71. The number of ether oxygens (including phenoxy) is 1. The van der Waals surface area contributed by atoms with Crippen molar-refractivity contribution in [3.8, 4) is 11.3 Å². The van der Waals surface area contributed by atoms with Crippen molar-refractivity contribution < 1.29 is 14.3 Å². The molecule has 1 atom stereocenters. The average molecular weight is 391 g/mol. The zero-order valence-electron chi connectivity index (χ0n) is 15.2. The van der Waals surface area contributed by atoms with Gasteiger partial charge in [-0.3, -0.25) is 14.7 Å². The lowest BCUT2D eigenvalue weighted by molar-refractivity contribution is -0.138. The Hall–Kier alpha value is -2.38. The van der Waals surface area contributed by atoms with Gasteiger partial charge in [-0.1, -0.05) is 23.7 Å². The molecule has 1 aliphatic rings. The monoisotopic (exact) mass is 390 g/mol. The topological polar surface area (TPSA) is 87.3 Å². The Morgan fingerprint density at radius 1 is 1.41 bits per heavy atom. The number of amides is 2. The molecule has 1 aromatic carbocycles. The van der Waals surface area contributed by atoms with Crippen molar-refractivity contribution in [1.82, 2.24) is 20.4 Å². The van der Waals surface area contributed by atoms with Crippen molar-refractivity contribution in [2.24, 2.45) is 5.92 Å². The molecule has 2 N–H and O–H groups in total. The lowest BCUT2D eigenvalue weighted by atomic mass is 9.96. The first-order chi connectivity index (χ1) is 13.1. The standard InChI is InChI=1S/C19H23ClN4O3/c1-27-9-8-24-12-14(4-7-17(24)25)19(26)21-10-15-11-22-23-18(15)13-2-5-16(20)6-3-13/h2-3,5-6,11,14H,4,7-10,12H2,1H3,(H,21,26)(H,22,23)/t14-/m0/s1. The molecule has 144 valence electrons. The number of nitrogens with zero attached hydrogens (tertiary/aromatic N) is 2. The number of hydrogen-bond acceptors (Lipinski definition) is 4. The van der Waals surface area contributed by atoms with Crippen LogP contribution in [0.15, 0.2) is 30.5 Å². The van der Waals surface area contributed by atoms with Gasteiger partial charge in [-0.25, -0.2) is 0 Å². The lowest BCUT2D eigenvalue weighted by Gasteiger charge is -2.31. The molecule has 7 nitrogen and oxygen atoms in total. The molecule has 0 spiro atoms. The number of carbonyl (C=O) groups is 2. The van der Waals surface area contributed by atoms with Crippen molar-refractivity contribution in [1.29, 1.82) is 0 Å². The Bertz CT molecular complexity index is 791. The highest BCUT2D eigenvalue weighted by atomic mass is 35.5. The average Bonchev–Trinajstić information content (AvgIpc) is 3.14. The predicted molar refractivity (Wildman–Crippen MR) is 102 cm³/mol. The summed E-state index contributed by atoms with van der Waals surface area (Å²) in [7, 11) is 1.60. The van der Waals surface area contributed by atoms with Gasteiger partial charge in [-0.15, -0.1) is 0 Å². The number of benzene rings is 1. The van der Waals surface area contributed by atoms with Gasteiger partial charge in [0, 0.05) is 43.8 Å². The van der Waals surface area contributed by atoms with E-state index in [1.807, 2.05) is 24.3 Å². The summed E-state index contributed by atoms with van der Waals surface area (Å²) < 4.78 is 5.03. The van der Waals surface area contributed by atoms with Gasteiger partial charge in [0.15, 0.2) is 0 Å². The van der Waals surface area contributed by atoms with E-state index in [0.717, 1.165) is 16.8 Å². The quantitative estimate of drug-likeness (QED) is 0.758. The molecule has 1 saturated heterocycles. The Morgan fingerprint density at radius 2 is 2.19 bits per heavy atom. The summed E-state index contributed by atoms with van der Waals surface area (Å²) in [4.78, 5) is 26.2. The van der Waals surface area contributed by atoms with Gasteiger partial charge in [-0.2, -0.15) is 5.10 Å². The molecule has 1 fully saturated rings. The van der Waals surface area contributed by atoms with Crippen LogP contribution in [0.25, 0.3) is 11.3 Å². The van der Waals surface area contributed by atoms with Gasteiger partial charge >= 0.3 is 0 Å². The molecule has 27 heavy (non-hydrogen) atoms. The molecule has 3 rings (SSSR count). The van der Waals surface area contributed by atoms with E-state index in [0.29, 0.717) is 44.1 Å². The summed E-state index contributed by atoms with van der Waals surface area (Å²) in [5.74, 6) is -0.172. The van der Waals surface area contributed by atoms with Crippen LogP contribution in [-0.2, 0) is 20.9 Å². The summed E-state index contributed by atoms with van der Waals surface area (Å²) in [6, 6.07) is 7.44. The highest BCUT2D eigenvalue weighted by Crippen LogP contribution is 2.23. The molecule has 0 unspecified atom stereocenters. The van der Waals surface area contributed by atoms with Gasteiger partial charge in [0.05, 0.1) is 24.4 Å². The summed E-state index contributed by atoms with van der Waals surface area (Å²) in [6.07, 6.45) is 2.67. The SMILES string of the molecule is COCCN1C[C@@H](C(=O)NCc2cn[nH]c2-c2ccc(Cl)cc2)CCC1=O. The first-order valence-electron chi connectivity index (χ1n) is 8.91. The number of methoxy groups -OCH3 is 1. The maximum absolute atomic E-state index is 12.6. The number of carbonyl (C=O) groups excluding carboxylic acids is 2. The second-order valence-electron chi connectivity index (χ2n) is 6.56. The van der Waals surface area contributed by atoms with E-state index in [9.17, 15) is 9.59 Å². The lowest BCUT2D eigenvalue weighted by Crippen LogP contribution is -2.46. The molecule has 0 saturated carbocycles. The van der Waals surface area contributed by atoms with Crippen LogP contribution in [0.5, 0.6) is 0 Å². The van der Waals surface area contributed by atoms with Crippen LogP contribution in [0.2, 0.25) is 5.02 Å². The van der Waals surface area contributed by atoms with Crippen molar-refractivity contribution in [3.63, 3.8) is 0 Å². The second kappa shape index (κ2) is 9.01. The van der Waals surface area contributed by atoms with E-state index >= 15 is 0 Å². The molecule has 1 aliphatic heterocycles. The maximum atomic E-state index is 12.6. The summed E-state index contributed by atoms with van der Waals surface area (Å²) >= 11 is 5.94. The first-order valence-corrected chi connectivity index (χ1v) is 9.29. The molecule has 2 aromatic rings. The van der Waals surface area contributed by atoms with Gasteiger partial charge in [-0.05, 0) is 24.1 Å². The Labute approximate surface area is 163 Å². The third kappa shape index (κ3) is 4.87. The molecule has 1 aromatic heterocycles. The number of aromatic amines is 1. The molecular weight excluding hydrogens is 368 g/mol. The van der Waals surface area contributed by atoms with Crippen molar-refractivity contribution in [3.05, 3.63) is 41.0 Å². The number of aromatic nitrogens is 2. The molecule has 0 bridgehead atoms. The molecular formula is C19H23ClN4O3. The number of rotatable bonds is 7. The van der Waals surface area contributed by atoms with Gasteiger partial charge in [0.1, 0.15) is 0 Å². The fourth-order valence-electron chi connectivity index (χ4n) is 3.18. The molecule has 0 radical (unpaired) electrons. The Kier molecular flexibility index (Phi) is 6.47. The van der Waals surface area contributed by atoms with Crippen molar-refractivity contribution in [2.45, 2.75) is 19.4 Å². The van der Waals surface area contributed by atoms with Gasteiger partial charge in [0.25, 0.3) is 0 Å². The minimum absolute atomic E-state index is 0.0480. The van der Waals surface area contributed by atoms with Crippen LogP contribution in [0.4, 0.5) is 0 Å². The van der Waals surface area contributed by atoms with E-state index in [1.54, 1.807) is 18.2 Å². The third-order valence-electron chi connectivity index (χ3n) is 4.74. The highest BCUT2D eigenvalue weighted by Gasteiger charge is 2.29. The minimum atomic E-state index is -0.203. The molecule has 8 heteroatoms. The number of H-pyrrole nitrogens is 1. The predicted octanol–water partition coefficient (Wildman–Crippen LogP) is 2.23. The van der Waals surface area contributed by atoms with Crippen molar-refractivity contribution >= 4 is 23.4 Å². The van der Waals surface area contributed by atoms with Crippen LogP contribution in [0.1, 0.15) is 18.4 Å². The van der Waals surface area contributed by atoms with E-state index < -0.39 is 0 Å². The Balaban J connectivity index is 1.59. The smallest absolute Gasteiger partial charge is 0.225 e. The maximum Gasteiger partial charge on any atom is 0.225 e. The largest absolute Gasteiger partial charge is 0.383 e. The molecule has 0 aliphatic carbocycles. The summed E-state index contributed by atoms with van der Waals surface area (Å²) in [6.45, 7) is 1.79. The van der Waals surface area contributed by atoms with Crippen LogP contribution >= 0.6 is 11.6 Å². The second-order valence-corrected chi connectivity index (χ2v) is 7.00. The fraction of sp³-hybridized carbons (Fsp3) is 0.421. The fourth-order valence-corrected chi connectivity index (χ4v) is 3.31. The Morgan fingerprint density at radius 3 is 2.93 bits per heavy atom. The number of likely N-dealkylation sites (tertiary alicyclic amines) is 1. The van der Waals surface area contributed by atoms with Crippen LogP contribution in [0.3, 0.4) is 0 Å². The van der Waals surface area contributed by atoms with Crippen LogP contribution in [-0.4, -0.2) is 53.7 Å². The third-order valence-corrected chi connectivity index (χ3v) is 4.99. The molecule has 2 heterocycles. The first kappa shape index (κ1) is 19.4.